The molecule has 1 aromatic heterocycles. The number of amides is 1. The third-order valence-corrected chi connectivity index (χ3v) is 10.6. The lowest BCUT2D eigenvalue weighted by atomic mass is 9.88. The van der Waals surface area contributed by atoms with Crippen LogP contribution in [0.2, 0.25) is 0 Å². The topological polar surface area (TPSA) is 54.3 Å². The fraction of sp³-hybridized carbons (Fsp3) is 0.122. The number of fused-ring (bicyclic) bond motifs is 7. The Hall–Kier alpha value is -6.39. The standard InChI is InChI=1S/C49H40N2O2/c1-29(2)40-26-35(31-13-6-5-7-14-31)27-41(30(3)4)46(40)51-47-37-18-11-9-16-33(37)23-24-44(47)50-49(52)39-20-12-19-38-43-25-34-22-21-32-15-8-10-17-36(32)42(34)28-45(43)53-48(38)39/h5-30,51H,1-4H3,(H,50,52). The summed E-state index contributed by atoms with van der Waals surface area (Å²) in [5.74, 6) is 0.287. The van der Waals surface area contributed by atoms with Crippen LogP contribution in [0.4, 0.5) is 17.1 Å². The largest absolute Gasteiger partial charge is 0.455 e. The predicted molar refractivity (Wildman–Crippen MR) is 224 cm³/mol. The van der Waals surface area contributed by atoms with E-state index in [1.54, 1.807) is 0 Å². The monoisotopic (exact) mass is 688 g/mol. The molecule has 0 aliphatic heterocycles. The Kier molecular flexibility index (Phi) is 7.97. The maximum Gasteiger partial charge on any atom is 0.259 e. The Morgan fingerprint density at radius 1 is 0.509 bits per heavy atom. The molecule has 9 rings (SSSR count). The number of carbonyl (C=O) groups excluding carboxylic acids is 1. The molecule has 258 valence electrons. The minimum absolute atomic E-state index is 0.226. The highest BCUT2D eigenvalue weighted by Crippen LogP contribution is 2.43. The summed E-state index contributed by atoms with van der Waals surface area (Å²) in [7, 11) is 0. The number of nitrogens with one attached hydrogen (secondary N) is 2. The quantitative estimate of drug-likeness (QED) is 0.164. The van der Waals surface area contributed by atoms with Crippen molar-refractivity contribution in [2.45, 2.75) is 39.5 Å². The van der Waals surface area contributed by atoms with E-state index in [1.165, 1.54) is 33.0 Å². The average molecular weight is 689 g/mol. The van der Waals surface area contributed by atoms with Crippen molar-refractivity contribution in [3.63, 3.8) is 0 Å². The zero-order valence-corrected chi connectivity index (χ0v) is 30.3. The lowest BCUT2D eigenvalue weighted by Crippen LogP contribution is -2.14. The summed E-state index contributed by atoms with van der Waals surface area (Å²) < 4.78 is 6.55. The SMILES string of the molecule is CC(C)c1cc(-c2ccccc2)cc(C(C)C)c1Nc1c(NC(=O)c2cccc3c2oc2cc4c(ccc5ccccc54)cc23)ccc2ccccc12. The Morgan fingerprint density at radius 2 is 1.13 bits per heavy atom. The van der Waals surface area contributed by atoms with Gasteiger partial charge >= 0.3 is 0 Å². The third kappa shape index (κ3) is 5.68. The number of para-hydroxylation sites is 1. The van der Waals surface area contributed by atoms with Gasteiger partial charge in [-0.25, -0.2) is 0 Å². The maximum absolute atomic E-state index is 14.4. The molecule has 0 unspecified atom stereocenters. The number of hydrogen-bond donors (Lipinski definition) is 2. The maximum atomic E-state index is 14.4. The van der Waals surface area contributed by atoms with Crippen molar-refractivity contribution in [3.05, 3.63) is 162 Å². The van der Waals surface area contributed by atoms with Crippen molar-refractivity contribution in [1.29, 1.82) is 0 Å². The summed E-state index contributed by atoms with van der Waals surface area (Å²) in [4.78, 5) is 14.4. The molecule has 0 spiro atoms. The van der Waals surface area contributed by atoms with Gasteiger partial charge in [0.1, 0.15) is 11.2 Å². The second kappa shape index (κ2) is 13.0. The van der Waals surface area contributed by atoms with E-state index in [4.69, 9.17) is 4.42 Å². The zero-order valence-electron chi connectivity index (χ0n) is 30.3. The van der Waals surface area contributed by atoms with Crippen LogP contribution in [0.3, 0.4) is 0 Å². The van der Waals surface area contributed by atoms with Gasteiger partial charge in [0.25, 0.3) is 5.91 Å². The molecule has 53 heavy (non-hydrogen) atoms. The Labute approximate surface area is 309 Å². The van der Waals surface area contributed by atoms with Crippen molar-refractivity contribution >= 4 is 77.2 Å². The summed E-state index contributed by atoms with van der Waals surface area (Å²) in [5, 5.41) is 15.9. The minimum atomic E-state index is -0.226. The van der Waals surface area contributed by atoms with E-state index in [1.807, 2.05) is 36.4 Å². The van der Waals surface area contributed by atoms with Crippen molar-refractivity contribution in [1.82, 2.24) is 0 Å². The van der Waals surface area contributed by atoms with Crippen molar-refractivity contribution in [3.8, 4) is 11.1 Å². The van der Waals surface area contributed by atoms with Crippen LogP contribution < -0.4 is 10.6 Å². The second-order valence-electron chi connectivity index (χ2n) is 14.6. The lowest BCUT2D eigenvalue weighted by Gasteiger charge is -2.25. The second-order valence-corrected chi connectivity index (χ2v) is 14.6. The molecule has 0 aliphatic carbocycles. The molecule has 0 saturated carbocycles. The Morgan fingerprint density at radius 3 is 1.87 bits per heavy atom. The van der Waals surface area contributed by atoms with Gasteiger partial charge in [0.2, 0.25) is 0 Å². The predicted octanol–water partition coefficient (Wildman–Crippen LogP) is 14.0. The summed E-state index contributed by atoms with van der Waals surface area (Å²) in [5.41, 5.74) is 9.34. The number of anilines is 3. The van der Waals surface area contributed by atoms with Crippen molar-refractivity contribution < 1.29 is 9.21 Å². The van der Waals surface area contributed by atoms with E-state index < -0.39 is 0 Å². The molecule has 2 N–H and O–H groups in total. The van der Waals surface area contributed by atoms with Crippen LogP contribution in [0, 0.1) is 0 Å². The van der Waals surface area contributed by atoms with Crippen LogP contribution in [-0.4, -0.2) is 5.91 Å². The minimum Gasteiger partial charge on any atom is -0.455 e. The molecule has 4 heteroatoms. The van der Waals surface area contributed by atoms with Crippen LogP contribution in [0.1, 0.15) is 61.0 Å². The summed E-state index contributed by atoms with van der Waals surface area (Å²) in [6.07, 6.45) is 0. The smallest absolute Gasteiger partial charge is 0.259 e. The molecule has 0 fully saturated rings. The van der Waals surface area contributed by atoms with Gasteiger partial charge in [-0.1, -0.05) is 137 Å². The van der Waals surface area contributed by atoms with Crippen molar-refractivity contribution in [2.24, 2.45) is 0 Å². The molecule has 0 radical (unpaired) electrons. The molecular formula is C49H40N2O2. The van der Waals surface area contributed by atoms with Crippen molar-refractivity contribution in [2.75, 3.05) is 10.6 Å². The van der Waals surface area contributed by atoms with E-state index >= 15 is 0 Å². The number of benzene rings is 8. The van der Waals surface area contributed by atoms with Crippen LogP contribution in [0.5, 0.6) is 0 Å². The van der Waals surface area contributed by atoms with Gasteiger partial charge in [-0.2, -0.15) is 0 Å². The molecule has 0 bridgehead atoms. The van der Waals surface area contributed by atoms with E-state index in [2.05, 4.69) is 148 Å². The normalized spacial score (nSPS) is 11.8. The highest BCUT2D eigenvalue weighted by atomic mass is 16.3. The first-order chi connectivity index (χ1) is 25.8. The first kappa shape index (κ1) is 32.5. The number of carbonyl (C=O) groups is 1. The lowest BCUT2D eigenvalue weighted by molar-refractivity contribution is 0.102. The molecule has 0 atom stereocenters. The first-order valence-electron chi connectivity index (χ1n) is 18.4. The molecule has 9 aromatic rings. The third-order valence-electron chi connectivity index (χ3n) is 10.6. The van der Waals surface area contributed by atoms with Gasteiger partial charge in [0.05, 0.1) is 16.9 Å². The summed E-state index contributed by atoms with van der Waals surface area (Å²) in [6.45, 7) is 8.96. The molecule has 8 aromatic carbocycles. The fourth-order valence-electron chi connectivity index (χ4n) is 7.84. The summed E-state index contributed by atoms with van der Waals surface area (Å²) >= 11 is 0. The van der Waals surface area contributed by atoms with Crippen LogP contribution in [0.25, 0.3) is 65.4 Å². The molecule has 1 heterocycles. The van der Waals surface area contributed by atoms with Gasteiger partial charge in [-0.15, -0.1) is 0 Å². The van der Waals surface area contributed by atoms with Gasteiger partial charge in [0, 0.05) is 21.8 Å². The van der Waals surface area contributed by atoms with Crippen LogP contribution >= 0.6 is 0 Å². The van der Waals surface area contributed by atoms with Gasteiger partial charge < -0.3 is 15.1 Å². The Bertz CT molecular complexity index is 2840. The fourth-order valence-corrected chi connectivity index (χ4v) is 7.84. The molecular weight excluding hydrogens is 649 g/mol. The van der Waals surface area contributed by atoms with E-state index in [9.17, 15) is 4.79 Å². The van der Waals surface area contributed by atoms with E-state index in [-0.39, 0.29) is 17.7 Å². The Balaban J connectivity index is 1.16. The highest BCUT2D eigenvalue weighted by Gasteiger charge is 2.22. The average Bonchev–Trinajstić information content (AvgIpc) is 3.55. The molecule has 1 amide bonds. The van der Waals surface area contributed by atoms with Crippen LogP contribution in [-0.2, 0) is 0 Å². The summed E-state index contributed by atoms with van der Waals surface area (Å²) in [6, 6.07) is 50.4. The highest BCUT2D eigenvalue weighted by molar-refractivity contribution is 6.21. The van der Waals surface area contributed by atoms with Crippen LogP contribution in [0.15, 0.2) is 150 Å². The molecule has 0 aliphatic rings. The zero-order chi connectivity index (χ0) is 36.2. The number of hydrogen-bond acceptors (Lipinski definition) is 3. The van der Waals surface area contributed by atoms with E-state index in [0.29, 0.717) is 16.8 Å². The van der Waals surface area contributed by atoms with Gasteiger partial charge in [0.15, 0.2) is 0 Å². The first-order valence-corrected chi connectivity index (χ1v) is 18.4. The van der Waals surface area contributed by atoms with Gasteiger partial charge in [-0.3, -0.25) is 4.79 Å². The molecule has 4 nitrogen and oxygen atoms in total. The number of furan rings is 1. The number of rotatable bonds is 7. The van der Waals surface area contributed by atoms with Gasteiger partial charge in [-0.05, 0) is 97.4 Å². The molecule has 0 saturated heterocycles. The van der Waals surface area contributed by atoms with E-state index in [0.717, 1.165) is 49.3 Å².